The zero-order valence-electron chi connectivity index (χ0n) is 9.93. The van der Waals surface area contributed by atoms with E-state index in [1.807, 2.05) is 0 Å². The largest absolute Gasteiger partial charge is 0.379 e. The second kappa shape index (κ2) is 4.51. The van der Waals surface area contributed by atoms with Crippen molar-refractivity contribution in [3.05, 3.63) is 36.0 Å². The smallest absolute Gasteiger partial charge is 0.0673 e. The molecule has 1 unspecified atom stereocenters. The lowest BCUT2D eigenvalue weighted by molar-refractivity contribution is 0.0606. The van der Waals surface area contributed by atoms with Crippen LogP contribution in [0.3, 0.4) is 0 Å². The molecule has 3 rings (SSSR count). The average Bonchev–Trinajstić information content (AvgIpc) is 2.82. The highest BCUT2D eigenvalue weighted by Gasteiger charge is 2.16. The Bertz CT molecular complexity index is 512. The lowest BCUT2D eigenvalue weighted by Gasteiger charge is -2.24. The Balaban J connectivity index is 2.02. The van der Waals surface area contributed by atoms with Gasteiger partial charge in [0, 0.05) is 24.9 Å². The zero-order valence-corrected chi connectivity index (χ0v) is 9.93. The number of fused-ring (bicyclic) bond motifs is 1. The van der Waals surface area contributed by atoms with Gasteiger partial charge in [-0.25, -0.2) is 0 Å². The summed E-state index contributed by atoms with van der Waals surface area (Å²) in [4.78, 5) is 0. The van der Waals surface area contributed by atoms with E-state index in [1.165, 1.54) is 22.9 Å². The van der Waals surface area contributed by atoms with Crippen molar-refractivity contribution in [2.24, 2.45) is 5.73 Å². The van der Waals surface area contributed by atoms with Gasteiger partial charge >= 0.3 is 0 Å². The number of nitrogens with two attached hydrogens (primary N) is 1. The molecule has 1 aromatic carbocycles. The molecule has 1 fully saturated rings. The Morgan fingerprint density at radius 1 is 1.35 bits per heavy atom. The van der Waals surface area contributed by atoms with E-state index in [2.05, 4.69) is 35.0 Å². The molecule has 1 aliphatic rings. The first-order valence-electron chi connectivity index (χ1n) is 6.26. The lowest BCUT2D eigenvalue weighted by atomic mass is 10.1. The van der Waals surface area contributed by atoms with Crippen LogP contribution in [0.2, 0.25) is 0 Å². The van der Waals surface area contributed by atoms with E-state index in [0.717, 1.165) is 19.6 Å². The molecule has 0 radical (unpaired) electrons. The molecule has 1 saturated heterocycles. The summed E-state index contributed by atoms with van der Waals surface area (Å²) < 4.78 is 7.91. The minimum atomic E-state index is 0.481. The highest BCUT2D eigenvalue weighted by atomic mass is 16.5. The fourth-order valence-corrected chi connectivity index (χ4v) is 2.58. The van der Waals surface area contributed by atoms with E-state index < -0.39 is 0 Å². The molecule has 0 aliphatic carbocycles. The van der Waals surface area contributed by atoms with E-state index >= 15 is 0 Å². The van der Waals surface area contributed by atoms with Crippen LogP contribution in [-0.2, 0) is 11.3 Å². The maximum atomic E-state index is 5.70. The van der Waals surface area contributed by atoms with Gasteiger partial charge in [-0.2, -0.15) is 0 Å². The topological polar surface area (TPSA) is 40.2 Å². The number of ether oxygens (including phenoxy) is 1. The summed E-state index contributed by atoms with van der Waals surface area (Å²) in [6, 6.07) is 9.10. The fraction of sp³-hybridized carbons (Fsp3) is 0.429. The molecule has 1 atom stereocenters. The van der Waals surface area contributed by atoms with E-state index in [-0.39, 0.29) is 0 Å². The highest BCUT2D eigenvalue weighted by Crippen LogP contribution is 2.26. The molecule has 1 aromatic heterocycles. The first-order valence-corrected chi connectivity index (χ1v) is 6.26. The van der Waals surface area contributed by atoms with Crippen LogP contribution in [0.15, 0.2) is 30.5 Å². The molecule has 0 spiro atoms. The third-order valence-electron chi connectivity index (χ3n) is 3.55. The molecule has 0 amide bonds. The van der Waals surface area contributed by atoms with Gasteiger partial charge in [0.15, 0.2) is 0 Å². The Hall–Kier alpha value is -1.32. The predicted octanol–water partition coefficient (Wildman–Crippen LogP) is 2.45. The van der Waals surface area contributed by atoms with Crippen LogP contribution >= 0.6 is 0 Å². The molecular weight excluding hydrogens is 212 g/mol. The normalized spacial score (nSPS) is 20.9. The van der Waals surface area contributed by atoms with Gasteiger partial charge in [-0.15, -0.1) is 0 Å². The summed E-state index contributed by atoms with van der Waals surface area (Å²) in [5.41, 5.74) is 8.17. The Morgan fingerprint density at radius 2 is 2.29 bits per heavy atom. The summed E-state index contributed by atoms with van der Waals surface area (Å²) in [6.07, 6.45) is 4.53. The minimum absolute atomic E-state index is 0.481. The maximum absolute atomic E-state index is 5.70. The second-order valence-electron chi connectivity index (χ2n) is 4.69. The first-order chi connectivity index (χ1) is 8.38. The van der Waals surface area contributed by atoms with Gasteiger partial charge in [0.2, 0.25) is 0 Å². The number of hydrogen-bond donors (Lipinski definition) is 1. The van der Waals surface area contributed by atoms with Gasteiger partial charge in [0.1, 0.15) is 0 Å². The molecule has 3 heteroatoms. The molecule has 17 heavy (non-hydrogen) atoms. The van der Waals surface area contributed by atoms with Gasteiger partial charge in [0.05, 0.1) is 12.6 Å². The summed E-state index contributed by atoms with van der Waals surface area (Å²) in [6.45, 7) is 2.34. The number of aromatic nitrogens is 1. The van der Waals surface area contributed by atoms with Crippen molar-refractivity contribution < 1.29 is 4.74 Å². The van der Waals surface area contributed by atoms with Gasteiger partial charge in [-0.3, -0.25) is 0 Å². The van der Waals surface area contributed by atoms with E-state index in [4.69, 9.17) is 10.5 Å². The molecular formula is C14H18N2O. The molecule has 3 nitrogen and oxygen atoms in total. The maximum Gasteiger partial charge on any atom is 0.0673 e. The SMILES string of the molecule is NCc1ccc2ccn(C3CCCOC3)c2c1. The van der Waals surface area contributed by atoms with Crippen molar-refractivity contribution in [1.82, 2.24) is 4.57 Å². The third-order valence-corrected chi connectivity index (χ3v) is 3.55. The van der Waals surface area contributed by atoms with Gasteiger partial charge < -0.3 is 15.0 Å². The van der Waals surface area contributed by atoms with Crippen LogP contribution < -0.4 is 5.73 Å². The fourth-order valence-electron chi connectivity index (χ4n) is 2.58. The zero-order chi connectivity index (χ0) is 11.7. The second-order valence-corrected chi connectivity index (χ2v) is 4.69. The molecule has 1 aliphatic heterocycles. The van der Waals surface area contributed by atoms with E-state index in [0.29, 0.717) is 12.6 Å². The van der Waals surface area contributed by atoms with Crippen molar-refractivity contribution in [2.75, 3.05) is 13.2 Å². The number of hydrogen-bond acceptors (Lipinski definition) is 2. The van der Waals surface area contributed by atoms with Crippen LogP contribution in [0.5, 0.6) is 0 Å². The molecule has 0 saturated carbocycles. The molecule has 0 bridgehead atoms. The van der Waals surface area contributed by atoms with Crippen LogP contribution in [0.4, 0.5) is 0 Å². The van der Waals surface area contributed by atoms with Crippen molar-refractivity contribution in [1.29, 1.82) is 0 Å². The standard InChI is InChI=1S/C14H18N2O/c15-9-11-3-4-12-5-6-16(14(12)8-11)13-2-1-7-17-10-13/h3-6,8,13H,1-2,7,9-10,15H2. The van der Waals surface area contributed by atoms with Crippen LogP contribution in [0.25, 0.3) is 10.9 Å². The molecule has 2 aromatic rings. The molecule has 90 valence electrons. The van der Waals surface area contributed by atoms with Gasteiger partial charge in [0.25, 0.3) is 0 Å². The van der Waals surface area contributed by atoms with Gasteiger partial charge in [-0.1, -0.05) is 12.1 Å². The summed E-state index contributed by atoms with van der Waals surface area (Å²) >= 11 is 0. The van der Waals surface area contributed by atoms with Crippen LogP contribution in [-0.4, -0.2) is 17.8 Å². The lowest BCUT2D eigenvalue weighted by Crippen LogP contribution is -2.20. The quantitative estimate of drug-likeness (QED) is 0.860. The predicted molar refractivity (Wildman–Crippen MR) is 68.9 cm³/mol. The molecule has 2 heterocycles. The third kappa shape index (κ3) is 1.96. The monoisotopic (exact) mass is 230 g/mol. The van der Waals surface area contributed by atoms with Crippen LogP contribution in [0.1, 0.15) is 24.4 Å². The Labute approximate surface area is 101 Å². The highest BCUT2D eigenvalue weighted by molar-refractivity contribution is 5.81. The van der Waals surface area contributed by atoms with Crippen molar-refractivity contribution in [3.63, 3.8) is 0 Å². The average molecular weight is 230 g/mol. The van der Waals surface area contributed by atoms with Crippen molar-refractivity contribution in [3.8, 4) is 0 Å². The number of rotatable bonds is 2. The van der Waals surface area contributed by atoms with Crippen LogP contribution in [0, 0.1) is 0 Å². The number of nitrogens with zero attached hydrogens (tertiary/aromatic N) is 1. The Morgan fingerprint density at radius 3 is 3.06 bits per heavy atom. The van der Waals surface area contributed by atoms with Crippen molar-refractivity contribution >= 4 is 10.9 Å². The summed E-state index contributed by atoms with van der Waals surface area (Å²) in [5.74, 6) is 0. The van der Waals surface area contributed by atoms with E-state index in [1.54, 1.807) is 0 Å². The molecule has 2 N–H and O–H groups in total. The summed E-state index contributed by atoms with van der Waals surface area (Å²) in [7, 11) is 0. The number of benzene rings is 1. The van der Waals surface area contributed by atoms with Gasteiger partial charge in [-0.05, 0) is 35.9 Å². The Kier molecular flexibility index (Phi) is 2.87. The van der Waals surface area contributed by atoms with Crippen molar-refractivity contribution in [2.45, 2.75) is 25.4 Å². The first kappa shape index (κ1) is 10.8. The minimum Gasteiger partial charge on any atom is -0.379 e. The van der Waals surface area contributed by atoms with E-state index in [9.17, 15) is 0 Å². The summed E-state index contributed by atoms with van der Waals surface area (Å²) in [5, 5.41) is 1.28.